The highest BCUT2D eigenvalue weighted by molar-refractivity contribution is 5.79. The minimum atomic E-state index is -0.895. The second-order valence-electron chi connectivity index (χ2n) is 3.20. The van der Waals surface area contributed by atoms with Crippen LogP contribution in [0.2, 0.25) is 0 Å². The number of hydrogen-bond donors (Lipinski definition) is 1. The number of rotatable bonds is 9. The van der Waals surface area contributed by atoms with Crippen molar-refractivity contribution in [2.75, 3.05) is 13.2 Å². The second-order valence-corrected chi connectivity index (χ2v) is 3.20. The summed E-state index contributed by atoms with van der Waals surface area (Å²) in [6.07, 6.45) is 8.29. The predicted molar refractivity (Wildman–Crippen MR) is 56.4 cm³/mol. The molecule has 0 aromatic carbocycles. The number of carboxylic acids is 1. The number of hydrogen-bond acceptors (Lipinski definition) is 2. The molecule has 0 rings (SSSR count). The molecule has 0 amide bonds. The van der Waals surface area contributed by atoms with Gasteiger partial charge in [0.05, 0.1) is 6.61 Å². The van der Waals surface area contributed by atoms with Crippen LogP contribution in [0.4, 0.5) is 0 Å². The number of carbonyl (C=O) groups is 1. The first kappa shape index (κ1) is 13.2. The van der Waals surface area contributed by atoms with Crippen LogP contribution in [0.5, 0.6) is 0 Å². The molecule has 3 heteroatoms. The summed E-state index contributed by atoms with van der Waals surface area (Å²) in [6.45, 7) is 3.59. The van der Waals surface area contributed by atoms with Gasteiger partial charge in [0.2, 0.25) is 0 Å². The maximum Gasteiger partial charge on any atom is 0.327 e. The van der Waals surface area contributed by atoms with Gasteiger partial charge < -0.3 is 9.84 Å². The lowest BCUT2D eigenvalue weighted by Gasteiger charge is -2.01. The van der Waals surface area contributed by atoms with Crippen LogP contribution in [0.1, 0.15) is 39.0 Å². The van der Waals surface area contributed by atoms with Crippen LogP contribution in [0.3, 0.4) is 0 Å². The Kier molecular flexibility index (Phi) is 9.64. The summed E-state index contributed by atoms with van der Waals surface area (Å²) < 4.78 is 5.32. The zero-order valence-corrected chi connectivity index (χ0v) is 8.87. The summed E-state index contributed by atoms with van der Waals surface area (Å²) in [5.74, 6) is -0.895. The van der Waals surface area contributed by atoms with Crippen molar-refractivity contribution in [2.45, 2.75) is 39.0 Å². The molecule has 3 nitrogen and oxygen atoms in total. The molecule has 0 heterocycles. The number of ether oxygens (including phenoxy) is 1. The van der Waals surface area contributed by atoms with Gasteiger partial charge in [-0.25, -0.2) is 4.79 Å². The monoisotopic (exact) mass is 200 g/mol. The van der Waals surface area contributed by atoms with Gasteiger partial charge in [-0.1, -0.05) is 32.3 Å². The molecule has 0 spiro atoms. The molecule has 0 aromatic heterocycles. The highest BCUT2D eigenvalue weighted by Crippen LogP contribution is 1.99. The second kappa shape index (κ2) is 10.3. The summed E-state index contributed by atoms with van der Waals surface area (Å²) in [7, 11) is 0. The van der Waals surface area contributed by atoms with Crippen molar-refractivity contribution >= 4 is 5.97 Å². The molecule has 0 atom stereocenters. The van der Waals surface area contributed by atoms with Gasteiger partial charge in [-0.05, 0) is 12.8 Å². The number of unbranched alkanes of at least 4 members (excludes halogenated alkanes) is 3. The van der Waals surface area contributed by atoms with Gasteiger partial charge >= 0.3 is 5.97 Å². The van der Waals surface area contributed by atoms with Crippen molar-refractivity contribution in [3.05, 3.63) is 12.2 Å². The first-order valence-electron chi connectivity index (χ1n) is 5.24. The predicted octanol–water partition coefficient (Wildman–Crippen LogP) is 2.61. The van der Waals surface area contributed by atoms with E-state index < -0.39 is 5.97 Å². The molecule has 0 aliphatic heterocycles. The van der Waals surface area contributed by atoms with Crippen LogP contribution < -0.4 is 0 Å². The zero-order valence-electron chi connectivity index (χ0n) is 8.87. The Balaban J connectivity index is 3.02. The molecule has 0 aromatic rings. The molecule has 82 valence electrons. The third-order valence-electron chi connectivity index (χ3n) is 1.83. The Bertz CT molecular complexity index is 164. The maximum atomic E-state index is 10.1. The van der Waals surface area contributed by atoms with Crippen LogP contribution in [0.15, 0.2) is 12.2 Å². The lowest BCUT2D eigenvalue weighted by Crippen LogP contribution is -1.96. The van der Waals surface area contributed by atoms with E-state index in [2.05, 4.69) is 6.92 Å². The average Bonchev–Trinajstić information content (AvgIpc) is 2.15. The largest absolute Gasteiger partial charge is 0.478 e. The number of aliphatic carboxylic acids is 1. The van der Waals surface area contributed by atoms with E-state index in [0.29, 0.717) is 13.0 Å². The summed E-state index contributed by atoms with van der Waals surface area (Å²) in [6, 6.07) is 0. The molecule has 14 heavy (non-hydrogen) atoms. The van der Waals surface area contributed by atoms with Crippen LogP contribution >= 0.6 is 0 Å². The van der Waals surface area contributed by atoms with Crippen LogP contribution in [0, 0.1) is 0 Å². The van der Waals surface area contributed by atoms with E-state index in [0.717, 1.165) is 19.1 Å². The standard InChI is InChI=1S/C11H20O3/c1-2-3-4-6-9-14-10-7-5-8-11(12)13/h5,8H,2-4,6-7,9-10H2,1H3,(H,12,13). The van der Waals surface area contributed by atoms with Gasteiger partial charge in [0, 0.05) is 12.7 Å². The molecule has 0 saturated carbocycles. The van der Waals surface area contributed by atoms with Crippen molar-refractivity contribution in [1.29, 1.82) is 0 Å². The van der Waals surface area contributed by atoms with Gasteiger partial charge in [-0.2, -0.15) is 0 Å². The van der Waals surface area contributed by atoms with Crippen LogP contribution in [-0.2, 0) is 9.53 Å². The van der Waals surface area contributed by atoms with Gasteiger partial charge in [0.25, 0.3) is 0 Å². The number of carboxylic acid groups (broad SMARTS) is 1. The van der Waals surface area contributed by atoms with Crippen molar-refractivity contribution in [2.24, 2.45) is 0 Å². The van der Waals surface area contributed by atoms with E-state index in [1.54, 1.807) is 6.08 Å². The van der Waals surface area contributed by atoms with E-state index in [1.165, 1.54) is 19.3 Å². The smallest absolute Gasteiger partial charge is 0.327 e. The topological polar surface area (TPSA) is 46.5 Å². The molecular formula is C11H20O3. The Morgan fingerprint density at radius 3 is 2.71 bits per heavy atom. The van der Waals surface area contributed by atoms with Gasteiger partial charge in [0.1, 0.15) is 0 Å². The minimum absolute atomic E-state index is 0.621. The fraction of sp³-hybridized carbons (Fsp3) is 0.727. The van der Waals surface area contributed by atoms with Crippen LogP contribution in [-0.4, -0.2) is 24.3 Å². The third-order valence-corrected chi connectivity index (χ3v) is 1.83. The molecule has 0 unspecified atom stereocenters. The average molecular weight is 200 g/mol. The van der Waals surface area contributed by atoms with Crippen molar-refractivity contribution in [3.63, 3.8) is 0 Å². The van der Waals surface area contributed by atoms with E-state index in [9.17, 15) is 4.79 Å². The Hall–Kier alpha value is -0.830. The fourth-order valence-electron chi connectivity index (χ4n) is 1.07. The zero-order chi connectivity index (χ0) is 10.6. The van der Waals surface area contributed by atoms with Crippen molar-refractivity contribution in [3.8, 4) is 0 Å². The van der Waals surface area contributed by atoms with Gasteiger partial charge in [0.15, 0.2) is 0 Å². The fourth-order valence-corrected chi connectivity index (χ4v) is 1.07. The summed E-state index contributed by atoms with van der Waals surface area (Å²) in [5, 5.41) is 8.29. The summed E-state index contributed by atoms with van der Waals surface area (Å²) in [5.41, 5.74) is 0. The van der Waals surface area contributed by atoms with E-state index >= 15 is 0 Å². The van der Waals surface area contributed by atoms with E-state index in [1.807, 2.05) is 0 Å². The molecule has 0 aliphatic rings. The highest BCUT2D eigenvalue weighted by Gasteiger charge is 1.89. The normalized spacial score (nSPS) is 10.9. The van der Waals surface area contributed by atoms with Gasteiger partial charge in [-0.15, -0.1) is 0 Å². The highest BCUT2D eigenvalue weighted by atomic mass is 16.5. The van der Waals surface area contributed by atoms with E-state index in [4.69, 9.17) is 9.84 Å². The molecule has 0 saturated heterocycles. The SMILES string of the molecule is CCCCCCOCCC=CC(=O)O. The molecule has 1 N–H and O–H groups in total. The first-order chi connectivity index (χ1) is 6.77. The summed E-state index contributed by atoms with van der Waals surface area (Å²) >= 11 is 0. The van der Waals surface area contributed by atoms with E-state index in [-0.39, 0.29) is 0 Å². The summed E-state index contributed by atoms with van der Waals surface area (Å²) in [4.78, 5) is 10.1. The molecule has 0 bridgehead atoms. The molecule has 0 radical (unpaired) electrons. The lowest BCUT2D eigenvalue weighted by atomic mass is 10.2. The minimum Gasteiger partial charge on any atom is -0.478 e. The molecule has 0 aliphatic carbocycles. The Labute approximate surface area is 85.8 Å². The molecule has 0 fully saturated rings. The van der Waals surface area contributed by atoms with Gasteiger partial charge in [-0.3, -0.25) is 0 Å². The first-order valence-corrected chi connectivity index (χ1v) is 5.24. The quantitative estimate of drug-likeness (QED) is 0.459. The lowest BCUT2D eigenvalue weighted by molar-refractivity contribution is -0.131. The van der Waals surface area contributed by atoms with Crippen molar-refractivity contribution in [1.82, 2.24) is 0 Å². The maximum absolute atomic E-state index is 10.1. The van der Waals surface area contributed by atoms with Crippen LogP contribution in [0.25, 0.3) is 0 Å². The Morgan fingerprint density at radius 2 is 2.07 bits per heavy atom. The Morgan fingerprint density at radius 1 is 1.29 bits per heavy atom. The third kappa shape index (κ3) is 11.2. The molecular weight excluding hydrogens is 180 g/mol. The van der Waals surface area contributed by atoms with Crippen molar-refractivity contribution < 1.29 is 14.6 Å².